The van der Waals surface area contributed by atoms with Crippen molar-refractivity contribution in [1.29, 1.82) is 5.26 Å². The fourth-order valence-corrected chi connectivity index (χ4v) is 2.84. The molecule has 3 aromatic rings. The van der Waals surface area contributed by atoms with Gasteiger partial charge in [-0.2, -0.15) is 10.4 Å². The minimum absolute atomic E-state index is 0.553. The molecule has 1 aromatic carbocycles. The Morgan fingerprint density at radius 3 is 2.82 bits per heavy atom. The summed E-state index contributed by atoms with van der Waals surface area (Å²) in [5.74, 6) is 0.724. The zero-order valence-corrected chi connectivity index (χ0v) is 13.2. The lowest BCUT2D eigenvalue weighted by Gasteiger charge is -2.12. The van der Waals surface area contributed by atoms with Crippen molar-refractivity contribution in [2.24, 2.45) is 0 Å². The number of aryl methyl sites for hydroxylation is 1. The SMILES string of the molecule is CCn1ccc(Nc2c(C#N)c(SC)nc3ccccc23)n1. The smallest absolute Gasteiger partial charge is 0.152 e. The summed E-state index contributed by atoms with van der Waals surface area (Å²) in [5.41, 5.74) is 2.18. The average Bonchev–Trinajstić information content (AvgIpc) is 3.02. The minimum atomic E-state index is 0.553. The maximum Gasteiger partial charge on any atom is 0.152 e. The van der Waals surface area contributed by atoms with Gasteiger partial charge in [0.05, 0.1) is 11.2 Å². The number of nitrogens with one attached hydrogen (secondary N) is 1. The van der Waals surface area contributed by atoms with Gasteiger partial charge >= 0.3 is 0 Å². The lowest BCUT2D eigenvalue weighted by Crippen LogP contribution is -2.01. The first-order chi connectivity index (χ1) is 10.8. The van der Waals surface area contributed by atoms with Gasteiger partial charge in [0.25, 0.3) is 0 Å². The number of benzene rings is 1. The van der Waals surface area contributed by atoms with E-state index < -0.39 is 0 Å². The number of rotatable bonds is 4. The summed E-state index contributed by atoms with van der Waals surface area (Å²) < 4.78 is 1.84. The number of pyridine rings is 1. The van der Waals surface area contributed by atoms with Crippen LogP contribution in [-0.2, 0) is 6.54 Å². The molecule has 0 atom stereocenters. The van der Waals surface area contributed by atoms with Gasteiger partial charge in [-0.25, -0.2) is 4.98 Å². The Balaban J connectivity index is 2.19. The van der Waals surface area contributed by atoms with Gasteiger partial charge in [-0.3, -0.25) is 4.68 Å². The molecule has 2 aromatic heterocycles. The lowest BCUT2D eigenvalue weighted by atomic mass is 10.1. The Morgan fingerprint density at radius 1 is 1.32 bits per heavy atom. The fourth-order valence-electron chi connectivity index (χ4n) is 2.30. The molecule has 5 nitrogen and oxygen atoms in total. The molecule has 22 heavy (non-hydrogen) atoms. The van der Waals surface area contributed by atoms with Crippen LogP contribution in [0.4, 0.5) is 11.5 Å². The van der Waals surface area contributed by atoms with Crippen LogP contribution in [0.1, 0.15) is 12.5 Å². The van der Waals surface area contributed by atoms with Crippen LogP contribution in [0.25, 0.3) is 10.9 Å². The number of hydrogen-bond donors (Lipinski definition) is 1. The third kappa shape index (κ3) is 2.51. The Morgan fingerprint density at radius 2 is 2.14 bits per heavy atom. The van der Waals surface area contributed by atoms with Gasteiger partial charge in [0.15, 0.2) is 5.82 Å². The van der Waals surface area contributed by atoms with E-state index in [1.807, 2.05) is 54.4 Å². The van der Waals surface area contributed by atoms with E-state index in [-0.39, 0.29) is 0 Å². The molecule has 0 aliphatic heterocycles. The van der Waals surface area contributed by atoms with Crippen LogP contribution in [-0.4, -0.2) is 21.0 Å². The van der Waals surface area contributed by atoms with Crippen LogP contribution in [0.3, 0.4) is 0 Å². The first-order valence-electron chi connectivity index (χ1n) is 6.94. The van der Waals surface area contributed by atoms with E-state index in [0.717, 1.165) is 34.0 Å². The maximum absolute atomic E-state index is 9.55. The van der Waals surface area contributed by atoms with Crippen LogP contribution in [0.5, 0.6) is 0 Å². The second kappa shape index (κ2) is 6.08. The largest absolute Gasteiger partial charge is 0.337 e. The first-order valence-corrected chi connectivity index (χ1v) is 8.16. The monoisotopic (exact) mass is 309 g/mol. The molecule has 0 radical (unpaired) electrons. The molecule has 0 spiro atoms. The molecular weight excluding hydrogens is 294 g/mol. The Labute approximate surface area is 133 Å². The van der Waals surface area contributed by atoms with Crippen LogP contribution in [0.15, 0.2) is 41.6 Å². The highest BCUT2D eigenvalue weighted by atomic mass is 32.2. The van der Waals surface area contributed by atoms with E-state index in [9.17, 15) is 5.26 Å². The number of fused-ring (bicyclic) bond motifs is 1. The van der Waals surface area contributed by atoms with Gasteiger partial charge in [-0.15, -0.1) is 11.8 Å². The van der Waals surface area contributed by atoms with Crippen molar-refractivity contribution < 1.29 is 0 Å². The van der Waals surface area contributed by atoms with E-state index in [2.05, 4.69) is 21.5 Å². The first kappa shape index (κ1) is 14.4. The summed E-state index contributed by atoms with van der Waals surface area (Å²) in [7, 11) is 0. The zero-order valence-electron chi connectivity index (χ0n) is 12.4. The molecular formula is C16H15N5S. The topological polar surface area (TPSA) is 66.5 Å². The molecule has 6 heteroatoms. The average molecular weight is 309 g/mol. The molecule has 0 saturated heterocycles. The third-order valence-corrected chi connectivity index (χ3v) is 4.06. The number of nitriles is 1. The third-order valence-electron chi connectivity index (χ3n) is 3.38. The highest BCUT2D eigenvalue weighted by molar-refractivity contribution is 7.98. The van der Waals surface area contributed by atoms with E-state index in [4.69, 9.17) is 0 Å². The number of hydrogen-bond acceptors (Lipinski definition) is 5. The predicted octanol–water partition coefficient (Wildman–Crippen LogP) is 3.79. The second-order valence-corrected chi connectivity index (χ2v) is 5.48. The van der Waals surface area contributed by atoms with Crippen LogP contribution in [0, 0.1) is 11.3 Å². The van der Waals surface area contributed by atoms with E-state index in [1.54, 1.807) is 0 Å². The van der Waals surface area contributed by atoms with Gasteiger partial charge in [-0.05, 0) is 19.2 Å². The highest BCUT2D eigenvalue weighted by Crippen LogP contribution is 2.33. The maximum atomic E-state index is 9.55. The number of aromatic nitrogens is 3. The van der Waals surface area contributed by atoms with Crippen LogP contribution >= 0.6 is 11.8 Å². The van der Waals surface area contributed by atoms with Gasteiger partial charge < -0.3 is 5.32 Å². The summed E-state index contributed by atoms with van der Waals surface area (Å²) in [6.07, 6.45) is 3.83. The van der Waals surface area contributed by atoms with Crippen molar-refractivity contribution in [3.05, 3.63) is 42.1 Å². The highest BCUT2D eigenvalue weighted by Gasteiger charge is 2.15. The molecule has 0 bridgehead atoms. The molecule has 2 heterocycles. The molecule has 1 N–H and O–H groups in total. The van der Waals surface area contributed by atoms with Crippen molar-refractivity contribution in [1.82, 2.24) is 14.8 Å². The zero-order chi connectivity index (χ0) is 15.5. The quantitative estimate of drug-likeness (QED) is 0.743. The summed E-state index contributed by atoms with van der Waals surface area (Å²) in [5, 5.41) is 18.9. The Bertz CT molecular complexity index is 863. The molecule has 0 aliphatic carbocycles. The molecule has 0 aliphatic rings. The van der Waals surface area contributed by atoms with Gasteiger partial charge in [0.1, 0.15) is 16.7 Å². The molecule has 0 unspecified atom stereocenters. The molecule has 0 saturated carbocycles. The van der Waals surface area contributed by atoms with E-state index in [0.29, 0.717) is 5.56 Å². The summed E-state index contributed by atoms with van der Waals surface area (Å²) >= 11 is 1.47. The Hall–Kier alpha value is -2.52. The van der Waals surface area contributed by atoms with Gasteiger partial charge in [0, 0.05) is 24.2 Å². The van der Waals surface area contributed by atoms with Crippen molar-refractivity contribution in [2.75, 3.05) is 11.6 Å². The number of nitrogens with zero attached hydrogens (tertiary/aromatic N) is 4. The molecule has 3 rings (SSSR count). The predicted molar refractivity (Wildman–Crippen MR) is 89.4 cm³/mol. The van der Waals surface area contributed by atoms with E-state index >= 15 is 0 Å². The van der Waals surface area contributed by atoms with Crippen LogP contribution < -0.4 is 5.32 Å². The molecule has 0 amide bonds. The molecule has 110 valence electrons. The summed E-state index contributed by atoms with van der Waals surface area (Å²) in [4.78, 5) is 4.56. The number of para-hydroxylation sites is 1. The summed E-state index contributed by atoms with van der Waals surface area (Å²) in [6, 6.07) is 12.0. The van der Waals surface area contributed by atoms with Crippen LogP contribution in [0.2, 0.25) is 0 Å². The molecule has 0 fully saturated rings. The fraction of sp³-hybridized carbons (Fsp3) is 0.188. The lowest BCUT2D eigenvalue weighted by molar-refractivity contribution is 0.662. The summed E-state index contributed by atoms with van der Waals surface area (Å²) in [6.45, 7) is 2.84. The minimum Gasteiger partial charge on any atom is -0.337 e. The van der Waals surface area contributed by atoms with Crippen molar-refractivity contribution in [3.63, 3.8) is 0 Å². The number of anilines is 2. The van der Waals surface area contributed by atoms with Gasteiger partial charge in [0.2, 0.25) is 0 Å². The standard InChI is InChI=1S/C16H15N5S/c1-3-21-9-8-14(20-21)19-15-11-6-4-5-7-13(11)18-16(22-2)12(15)10-17/h4-9H,3H2,1-2H3,(H,18,19,20). The van der Waals surface area contributed by atoms with Crippen molar-refractivity contribution in [3.8, 4) is 6.07 Å². The number of thioether (sulfide) groups is 1. The van der Waals surface area contributed by atoms with Crippen molar-refractivity contribution >= 4 is 34.2 Å². The normalized spacial score (nSPS) is 10.6. The Kier molecular flexibility index (Phi) is 3.98. The second-order valence-electron chi connectivity index (χ2n) is 4.68. The van der Waals surface area contributed by atoms with Crippen molar-refractivity contribution in [2.45, 2.75) is 18.5 Å². The van der Waals surface area contributed by atoms with E-state index in [1.165, 1.54) is 11.8 Å². The van der Waals surface area contributed by atoms with Gasteiger partial charge in [-0.1, -0.05) is 18.2 Å².